The second-order valence-electron chi connectivity index (χ2n) is 7.94. The quantitative estimate of drug-likeness (QED) is 0.225. The fourth-order valence-electron chi connectivity index (χ4n) is 5.33. The molecule has 29 heavy (non-hydrogen) atoms. The molecule has 0 saturated carbocycles. The van der Waals surface area contributed by atoms with Crippen LogP contribution in [0.4, 0.5) is 0 Å². The lowest BCUT2D eigenvalue weighted by molar-refractivity contribution is 1.23. The van der Waals surface area contributed by atoms with Crippen molar-refractivity contribution in [1.82, 2.24) is 14.4 Å². The largest absolute Gasteiger partial charge is 0.305 e. The maximum atomic E-state index is 4.77. The average Bonchev–Trinajstić information content (AvgIpc) is 3.18. The summed E-state index contributed by atoms with van der Waals surface area (Å²) in [5, 5.41) is 9.93. The SMILES string of the molecule is c1ccc2cc3c(cc2c1)c1ncnc2c4cccc5ccc6cc3n(c12)c6c54. The maximum Gasteiger partial charge on any atom is 0.116 e. The molecular formula is C26H13N3. The summed E-state index contributed by atoms with van der Waals surface area (Å²) < 4.78 is 2.40. The van der Waals surface area contributed by atoms with Crippen molar-refractivity contribution in [3.63, 3.8) is 0 Å². The van der Waals surface area contributed by atoms with E-state index in [0.717, 1.165) is 16.6 Å². The third kappa shape index (κ3) is 1.50. The van der Waals surface area contributed by atoms with Gasteiger partial charge in [-0.05, 0) is 34.4 Å². The smallest absolute Gasteiger partial charge is 0.116 e. The van der Waals surface area contributed by atoms with Crippen molar-refractivity contribution in [2.75, 3.05) is 0 Å². The van der Waals surface area contributed by atoms with Gasteiger partial charge < -0.3 is 4.40 Å². The normalized spacial score (nSPS) is 12.8. The highest BCUT2D eigenvalue weighted by molar-refractivity contribution is 6.30. The highest BCUT2D eigenvalue weighted by Crippen LogP contribution is 2.43. The maximum absolute atomic E-state index is 4.77. The van der Waals surface area contributed by atoms with Crippen LogP contribution in [0.25, 0.3) is 70.7 Å². The van der Waals surface area contributed by atoms with Crippen molar-refractivity contribution in [3.8, 4) is 0 Å². The van der Waals surface area contributed by atoms with Crippen LogP contribution >= 0.6 is 0 Å². The van der Waals surface area contributed by atoms with E-state index in [1.54, 1.807) is 6.33 Å². The van der Waals surface area contributed by atoms with Crippen LogP contribution in [-0.4, -0.2) is 14.4 Å². The lowest BCUT2D eigenvalue weighted by Gasteiger charge is -2.16. The van der Waals surface area contributed by atoms with Crippen LogP contribution in [0.5, 0.6) is 0 Å². The van der Waals surface area contributed by atoms with Gasteiger partial charge in [-0.1, -0.05) is 54.6 Å². The number of fused-ring (bicyclic) bond motifs is 5. The Hall–Kier alpha value is -3.98. The predicted molar refractivity (Wildman–Crippen MR) is 120 cm³/mol. The van der Waals surface area contributed by atoms with Gasteiger partial charge >= 0.3 is 0 Å². The van der Waals surface area contributed by atoms with Crippen molar-refractivity contribution >= 4 is 70.7 Å². The fourth-order valence-corrected chi connectivity index (χ4v) is 5.33. The molecule has 0 amide bonds. The second kappa shape index (κ2) is 4.53. The Bertz CT molecular complexity index is 1910. The number of pyridine rings is 2. The van der Waals surface area contributed by atoms with Gasteiger partial charge in [-0.2, -0.15) is 0 Å². The van der Waals surface area contributed by atoms with E-state index in [0.29, 0.717) is 0 Å². The molecule has 8 aromatic rings. The molecule has 4 heterocycles. The van der Waals surface area contributed by atoms with Crippen LogP contribution < -0.4 is 0 Å². The average molecular weight is 367 g/mol. The Kier molecular flexibility index (Phi) is 2.20. The van der Waals surface area contributed by atoms with Crippen LogP contribution in [-0.2, 0) is 0 Å². The van der Waals surface area contributed by atoms with E-state index < -0.39 is 0 Å². The predicted octanol–water partition coefficient (Wildman–Crippen LogP) is 6.52. The molecule has 0 N–H and O–H groups in total. The molecule has 0 saturated heterocycles. The fraction of sp³-hybridized carbons (Fsp3) is 0. The van der Waals surface area contributed by atoms with Crippen molar-refractivity contribution < 1.29 is 0 Å². The van der Waals surface area contributed by atoms with E-state index in [1.807, 2.05) is 0 Å². The first-order valence-electron chi connectivity index (χ1n) is 9.85. The van der Waals surface area contributed by atoms with Gasteiger partial charge in [0.05, 0.1) is 27.6 Å². The third-order valence-electron chi connectivity index (χ3n) is 6.52. The molecule has 3 heteroatoms. The zero-order chi connectivity index (χ0) is 18.7. The topological polar surface area (TPSA) is 30.2 Å². The number of hydrogen-bond acceptors (Lipinski definition) is 2. The molecule has 0 aliphatic carbocycles. The van der Waals surface area contributed by atoms with Gasteiger partial charge in [0.1, 0.15) is 6.33 Å². The van der Waals surface area contributed by atoms with E-state index in [1.165, 1.54) is 54.1 Å². The van der Waals surface area contributed by atoms with Gasteiger partial charge in [-0.25, -0.2) is 9.97 Å². The summed E-state index contributed by atoms with van der Waals surface area (Å²) in [6, 6.07) is 26.4. The standard InChI is InChI=1S/C26H13N3/c1-2-5-16-11-20-19(10-15(16)4-1)21-12-17-9-8-14-6-3-7-18-22(14)25(17)29(21)26-23(18)27-13-28-24(20)26/h1-13H. The minimum absolute atomic E-state index is 1.02. The number of benzene rings is 4. The number of hydrogen-bond donors (Lipinski definition) is 0. The van der Waals surface area contributed by atoms with E-state index in [-0.39, 0.29) is 0 Å². The Morgan fingerprint density at radius 1 is 0.552 bits per heavy atom. The lowest BCUT2D eigenvalue weighted by Crippen LogP contribution is -1.99. The molecule has 3 nitrogen and oxygen atoms in total. The van der Waals surface area contributed by atoms with E-state index in [2.05, 4.69) is 77.2 Å². The molecular weight excluding hydrogens is 354 g/mol. The molecule has 0 fully saturated rings. The minimum Gasteiger partial charge on any atom is -0.305 e. The van der Waals surface area contributed by atoms with Gasteiger partial charge in [0, 0.05) is 26.9 Å². The lowest BCUT2D eigenvalue weighted by atomic mass is 9.99. The number of aromatic nitrogens is 3. The van der Waals surface area contributed by atoms with Crippen LogP contribution in [0.2, 0.25) is 0 Å². The molecule has 8 rings (SSSR count). The van der Waals surface area contributed by atoms with Crippen molar-refractivity contribution in [2.24, 2.45) is 0 Å². The highest BCUT2D eigenvalue weighted by atomic mass is 15.0. The molecule has 0 aliphatic rings. The van der Waals surface area contributed by atoms with Crippen molar-refractivity contribution in [2.45, 2.75) is 0 Å². The zero-order valence-corrected chi connectivity index (χ0v) is 15.3. The summed E-state index contributed by atoms with van der Waals surface area (Å²) >= 11 is 0. The Morgan fingerprint density at radius 3 is 2.14 bits per heavy atom. The molecule has 0 unspecified atom stereocenters. The van der Waals surface area contributed by atoms with E-state index in [9.17, 15) is 0 Å². The highest BCUT2D eigenvalue weighted by Gasteiger charge is 2.21. The van der Waals surface area contributed by atoms with Crippen molar-refractivity contribution in [3.05, 3.63) is 79.1 Å². The van der Waals surface area contributed by atoms with Crippen molar-refractivity contribution in [1.29, 1.82) is 0 Å². The molecule has 4 aromatic heterocycles. The molecule has 0 spiro atoms. The van der Waals surface area contributed by atoms with Crippen LogP contribution in [0.15, 0.2) is 79.1 Å². The molecule has 0 bridgehead atoms. The molecule has 0 radical (unpaired) electrons. The van der Waals surface area contributed by atoms with Gasteiger partial charge in [0.2, 0.25) is 0 Å². The van der Waals surface area contributed by atoms with Crippen LogP contribution in [0.3, 0.4) is 0 Å². The summed E-state index contributed by atoms with van der Waals surface area (Å²) in [5.41, 5.74) is 5.66. The molecule has 4 aromatic carbocycles. The number of nitrogens with zero attached hydrogens (tertiary/aromatic N) is 3. The van der Waals surface area contributed by atoms with E-state index in [4.69, 9.17) is 9.97 Å². The first-order chi connectivity index (χ1) is 14.4. The summed E-state index contributed by atoms with van der Waals surface area (Å²) in [5.74, 6) is 0. The molecule has 0 aliphatic heterocycles. The van der Waals surface area contributed by atoms with Crippen LogP contribution in [0, 0.1) is 0 Å². The Morgan fingerprint density at radius 2 is 1.28 bits per heavy atom. The Balaban J connectivity index is 1.84. The molecule has 0 atom stereocenters. The van der Waals surface area contributed by atoms with Crippen LogP contribution in [0.1, 0.15) is 0 Å². The van der Waals surface area contributed by atoms with Gasteiger partial charge in [0.25, 0.3) is 0 Å². The van der Waals surface area contributed by atoms with Gasteiger partial charge in [0.15, 0.2) is 0 Å². The van der Waals surface area contributed by atoms with Gasteiger partial charge in [-0.3, -0.25) is 0 Å². The summed E-state index contributed by atoms with van der Waals surface area (Å²) in [6.07, 6.45) is 1.71. The summed E-state index contributed by atoms with van der Waals surface area (Å²) in [4.78, 5) is 9.52. The first-order valence-corrected chi connectivity index (χ1v) is 9.85. The Labute approximate surface area is 164 Å². The van der Waals surface area contributed by atoms with E-state index >= 15 is 0 Å². The monoisotopic (exact) mass is 367 g/mol. The van der Waals surface area contributed by atoms with Gasteiger partial charge in [-0.15, -0.1) is 0 Å². The third-order valence-corrected chi connectivity index (χ3v) is 6.52. The summed E-state index contributed by atoms with van der Waals surface area (Å²) in [7, 11) is 0. The first kappa shape index (κ1) is 14.1. The second-order valence-corrected chi connectivity index (χ2v) is 7.94. The number of rotatable bonds is 0. The molecule has 132 valence electrons. The zero-order valence-electron chi connectivity index (χ0n) is 15.3. The minimum atomic E-state index is 1.02. The summed E-state index contributed by atoms with van der Waals surface area (Å²) in [6.45, 7) is 0.